The Balaban J connectivity index is 2.15. The molecule has 10 heteroatoms. The highest BCUT2D eigenvalue weighted by molar-refractivity contribution is 8.18. The number of benzene rings is 1. The van der Waals surface area contributed by atoms with Gasteiger partial charge in [0.05, 0.1) is 24.7 Å². The number of esters is 2. The van der Waals surface area contributed by atoms with Crippen LogP contribution in [-0.4, -0.2) is 61.0 Å². The van der Waals surface area contributed by atoms with Crippen LogP contribution in [-0.2, 0) is 23.9 Å². The van der Waals surface area contributed by atoms with Crippen LogP contribution < -0.4 is 9.47 Å². The third-order valence-corrected chi connectivity index (χ3v) is 5.11. The van der Waals surface area contributed by atoms with Crippen molar-refractivity contribution in [1.82, 2.24) is 4.90 Å². The SMILES string of the molecule is CCOc1cc(/C=C2/SC(=O)N(CC(=O)O[C@@H](C)CC)C2=O)ccc1OCC(=O)OC. The lowest BCUT2D eigenvalue weighted by Gasteiger charge is -2.15. The van der Waals surface area contributed by atoms with E-state index in [1.165, 1.54) is 13.2 Å². The van der Waals surface area contributed by atoms with Gasteiger partial charge in [0.15, 0.2) is 18.1 Å². The van der Waals surface area contributed by atoms with Crippen molar-refractivity contribution in [1.29, 1.82) is 0 Å². The standard InChI is InChI=1S/C21H25NO8S/c1-5-13(3)30-18(23)11-22-20(25)17(31-21(22)26)10-14-7-8-15(16(9-14)28-6-2)29-12-19(24)27-4/h7-10,13H,5-6,11-12H2,1-4H3/b17-10+/t13-/m0/s1. The van der Waals surface area contributed by atoms with Gasteiger partial charge in [-0.05, 0) is 55.8 Å². The zero-order chi connectivity index (χ0) is 23.0. The topological polar surface area (TPSA) is 108 Å². The van der Waals surface area contributed by atoms with Crippen molar-refractivity contribution in [2.45, 2.75) is 33.3 Å². The zero-order valence-corrected chi connectivity index (χ0v) is 18.7. The first-order valence-corrected chi connectivity index (χ1v) is 10.5. The van der Waals surface area contributed by atoms with Crippen LogP contribution in [0.4, 0.5) is 4.79 Å². The molecule has 31 heavy (non-hydrogen) atoms. The predicted molar refractivity (Wildman–Crippen MR) is 114 cm³/mol. The fourth-order valence-electron chi connectivity index (χ4n) is 2.46. The minimum Gasteiger partial charge on any atom is -0.490 e. The number of hydrogen-bond donors (Lipinski definition) is 0. The normalized spacial score (nSPS) is 15.7. The van der Waals surface area contributed by atoms with E-state index >= 15 is 0 Å². The van der Waals surface area contributed by atoms with Crippen molar-refractivity contribution in [2.75, 3.05) is 26.9 Å². The molecule has 0 aliphatic carbocycles. The zero-order valence-electron chi connectivity index (χ0n) is 17.8. The fraction of sp³-hybridized carbons (Fsp3) is 0.429. The molecule has 0 unspecified atom stereocenters. The Morgan fingerprint density at radius 3 is 2.52 bits per heavy atom. The Kier molecular flexibility index (Phi) is 8.92. The number of hydrogen-bond acceptors (Lipinski definition) is 9. The van der Waals surface area contributed by atoms with Crippen LogP contribution in [0, 0.1) is 0 Å². The van der Waals surface area contributed by atoms with Gasteiger partial charge in [0.1, 0.15) is 6.54 Å². The van der Waals surface area contributed by atoms with Crippen LogP contribution >= 0.6 is 11.8 Å². The molecule has 168 valence electrons. The smallest absolute Gasteiger partial charge is 0.343 e. The Hall–Kier alpha value is -3.01. The Morgan fingerprint density at radius 1 is 1.13 bits per heavy atom. The summed E-state index contributed by atoms with van der Waals surface area (Å²) in [7, 11) is 1.26. The van der Waals surface area contributed by atoms with Crippen LogP contribution in [0.5, 0.6) is 11.5 Å². The molecule has 0 N–H and O–H groups in total. The summed E-state index contributed by atoms with van der Waals surface area (Å²) >= 11 is 0.741. The highest BCUT2D eigenvalue weighted by Gasteiger charge is 2.36. The number of rotatable bonds is 10. The van der Waals surface area contributed by atoms with Gasteiger partial charge in [-0.3, -0.25) is 19.3 Å². The van der Waals surface area contributed by atoms with Crippen LogP contribution in [0.25, 0.3) is 6.08 Å². The summed E-state index contributed by atoms with van der Waals surface area (Å²) in [6, 6.07) is 4.87. The van der Waals surface area contributed by atoms with Gasteiger partial charge in [0.2, 0.25) is 0 Å². The molecular formula is C21H25NO8S. The highest BCUT2D eigenvalue weighted by Crippen LogP contribution is 2.34. The average Bonchev–Trinajstić information content (AvgIpc) is 3.00. The maximum absolute atomic E-state index is 12.6. The number of thioether (sulfide) groups is 1. The highest BCUT2D eigenvalue weighted by atomic mass is 32.2. The van der Waals surface area contributed by atoms with Gasteiger partial charge >= 0.3 is 11.9 Å². The predicted octanol–water partition coefficient (Wildman–Crippen LogP) is 3.02. The first kappa shape index (κ1) is 24.3. The molecule has 1 saturated heterocycles. The van der Waals surface area contributed by atoms with Crippen molar-refractivity contribution in [3.05, 3.63) is 28.7 Å². The number of methoxy groups -OCH3 is 1. The minimum atomic E-state index is -0.636. The Morgan fingerprint density at radius 2 is 1.87 bits per heavy atom. The number of nitrogens with zero attached hydrogens (tertiary/aromatic N) is 1. The lowest BCUT2D eigenvalue weighted by Crippen LogP contribution is -2.35. The van der Waals surface area contributed by atoms with Crippen LogP contribution in [0.3, 0.4) is 0 Å². The summed E-state index contributed by atoms with van der Waals surface area (Å²) in [5, 5.41) is -0.541. The third kappa shape index (κ3) is 6.74. The number of imide groups is 1. The lowest BCUT2D eigenvalue weighted by atomic mass is 10.2. The second-order valence-corrected chi connectivity index (χ2v) is 7.47. The quantitative estimate of drug-likeness (QED) is 0.392. The number of amides is 2. The molecule has 2 amide bonds. The molecule has 0 bridgehead atoms. The molecule has 2 rings (SSSR count). The molecule has 1 aromatic rings. The van der Waals surface area contributed by atoms with E-state index in [0.29, 0.717) is 30.1 Å². The molecule has 1 heterocycles. The summed E-state index contributed by atoms with van der Waals surface area (Å²) in [5.41, 5.74) is 0.585. The van der Waals surface area contributed by atoms with Crippen molar-refractivity contribution in [3.8, 4) is 11.5 Å². The second-order valence-electron chi connectivity index (χ2n) is 6.48. The summed E-state index contributed by atoms with van der Waals surface area (Å²) in [6.07, 6.45) is 1.87. The van der Waals surface area contributed by atoms with Crippen molar-refractivity contribution in [3.63, 3.8) is 0 Å². The summed E-state index contributed by atoms with van der Waals surface area (Å²) in [5.74, 6) is -1.03. The van der Waals surface area contributed by atoms with E-state index in [1.807, 2.05) is 6.92 Å². The Bertz CT molecular complexity index is 882. The van der Waals surface area contributed by atoms with Crippen LogP contribution in [0.15, 0.2) is 23.1 Å². The first-order chi connectivity index (χ1) is 14.8. The largest absolute Gasteiger partial charge is 0.490 e. The molecule has 9 nitrogen and oxygen atoms in total. The van der Waals surface area contributed by atoms with E-state index in [1.54, 1.807) is 32.0 Å². The molecular weight excluding hydrogens is 426 g/mol. The fourth-order valence-corrected chi connectivity index (χ4v) is 3.30. The molecule has 0 radical (unpaired) electrons. The third-order valence-electron chi connectivity index (χ3n) is 4.21. The summed E-state index contributed by atoms with van der Waals surface area (Å²) in [6.45, 7) is 5.04. The van der Waals surface area contributed by atoms with E-state index in [4.69, 9.17) is 14.2 Å². The Labute approximate surface area is 184 Å². The number of ether oxygens (including phenoxy) is 4. The van der Waals surface area contributed by atoms with Gasteiger partial charge in [-0.25, -0.2) is 4.79 Å². The molecule has 1 aliphatic heterocycles. The minimum absolute atomic E-state index is 0.173. The molecule has 0 aromatic heterocycles. The maximum Gasteiger partial charge on any atom is 0.343 e. The molecule has 0 spiro atoms. The van der Waals surface area contributed by atoms with Gasteiger partial charge < -0.3 is 18.9 Å². The number of carbonyl (C=O) groups is 4. The van der Waals surface area contributed by atoms with Crippen molar-refractivity contribution in [2.24, 2.45) is 0 Å². The van der Waals surface area contributed by atoms with Crippen LogP contribution in [0.2, 0.25) is 0 Å². The molecule has 1 fully saturated rings. The van der Waals surface area contributed by atoms with E-state index in [9.17, 15) is 19.2 Å². The van der Waals surface area contributed by atoms with E-state index in [0.717, 1.165) is 16.7 Å². The average molecular weight is 451 g/mol. The first-order valence-electron chi connectivity index (χ1n) is 9.70. The van der Waals surface area contributed by atoms with E-state index in [2.05, 4.69) is 4.74 Å². The summed E-state index contributed by atoms with van der Waals surface area (Å²) in [4.78, 5) is 49.1. The van der Waals surface area contributed by atoms with Gasteiger partial charge in [-0.2, -0.15) is 0 Å². The molecule has 1 atom stereocenters. The van der Waals surface area contributed by atoms with Gasteiger partial charge in [-0.15, -0.1) is 0 Å². The molecule has 1 aliphatic rings. The van der Waals surface area contributed by atoms with Crippen molar-refractivity contribution >= 4 is 40.9 Å². The van der Waals surface area contributed by atoms with Crippen LogP contribution in [0.1, 0.15) is 32.8 Å². The second kappa shape index (κ2) is 11.4. The summed E-state index contributed by atoms with van der Waals surface area (Å²) < 4.78 is 20.6. The molecule has 0 saturated carbocycles. The van der Waals surface area contributed by atoms with Gasteiger partial charge in [0, 0.05) is 0 Å². The lowest BCUT2D eigenvalue weighted by molar-refractivity contribution is -0.150. The van der Waals surface area contributed by atoms with Gasteiger partial charge in [-0.1, -0.05) is 13.0 Å². The maximum atomic E-state index is 12.6. The molecule has 1 aromatic carbocycles. The van der Waals surface area contributed by atoms with E-state index in [-0.39, 0.29) is 17.6 Å². The van der Waals surface area contributed by atoms with E-state index < -0.39 is 29.6 Å². The van der Waals surface area contributed by atoms with Crippen molar-refractivity contribution < 1.29 is 38.1 Å². The van der Waals surface area contributed by atoms with Gasteiger partial charge in [0.25, 0.3) is 11.1 Å². The number of carbonyl (C=O) groups excluding carboxylic acids is 4. The monoisotopic (exact) mass is 451 g/mol.